The van der Waals surface area contributed by atoms with Crippen molar-refractivity contribution in [2.45, 2.75) is 19.1 Å². The van der Waals surface area contributed by atoms with E-state index in [1.54, 1.807) is 11.8 Å². The molecule has 0 bridgehead atoms. The number of carbonyl (C=O) groups excluding carboxylic acids is 1. The lowest BCUT2D eigenvalue weighted by Gasteiger charge is -2.08. The molecule has 2 aliphatic heterocycles. The molecule has 1 fully saturated rings. The second kappa shape index (κ2) is 4.08. The van der Waals surface area contributed by atoms with Gasteiger partial charge in [0.1, 0.15) is 6.10 Å². The van der Waals surface area contributed by atoms with Crippen LogP contribution < -0.4 is 10.6 Å². The van der Waals surface area contributed by atoms with Crippen molar-refractivity contribution in [2.75, 3.05) is 18.8 Å². The van der Waals surface area contributed by atoms with Crippen molar-refractivity contribution in [3.05, 3.63) is 0 Å². The summed E-state index contributed by atoms with van der Waals surface area (Å²) in [7, 11) is 0. The minimum absolute atomic E-state index is 0.0205. The summed E-state index contributed by atoms with van der Waals surface area (Å²) in [5.41, 5.74) is 0. The number of thioether (sulfide) groups is 1. The van der Waals surface area contributed by atoms with Crippen molar-refractivity contribution in [2.24, 2.45) is 4.99 Å². The Hall–Kier alpha value is -0.910. The third-order valence-electron chi connectivity index (χ3n) is 2.03. The number of nitrogens with zero attached hydrogens (tertiary/aromatic N) is 1. The molecule has 0 aliphatic carbocycles. The summed E-state index contributed by atoms with van der Waals surface area (Å²) in [6.07, 6.45) is -0.335. The summed E-state index contributed by atoms with van der Waals surface area (Å²) < 4.78 is 4.99. The normalized spacial score (nSPS) is 30.6. The molecule has 2 unspecified atom stereocenters. The van der Waals surface area contributed by atoms with Crippen LogP contribution in [0.2, 0.25) is 0 Å². The highest BCUT2D eigenvalue weighted by atomic mass is 32.2. The van der Waals surface area contributed by atoms with Gasteiger partial charge in [-0.2, -0.15) is 0 Å². The van der Waals surface area contributed by atoms with Gasteiger partial charge in [0.05, 0.1) is 13.1 Å². The molecule has 2 aliphatic rings. The predicted molar refractivity (Wildman–Crippen MR) is 55.6 cm³/mol. The van der Waals surface area contributed by atoms with E-state index >= 15 is 0 Å². The number of carbonyl (C=O) groups is 1. The molecule has 2 heterocycles. The number of ether oxygens (including phenoxy) is 1. The third-order valence-corrected chi connectivity index (χ3v) is 3.09. The minimum atomic E-state index is -0.315. The van der Waals surface area contributed by atoms with Crippen LogP contribution in [0, 0.1) is 0 Å². The molecule has 1 saturated heterocycles. The monoisotopic (exact) mass is 215 g/mol. The number of alkyl carbamates (subject to hydrolysis) is 1. The van der Waals surface area contributed by atoms with E-state index in [-0.39, 0.29) is 12.2 Å². The lowest BCUT2D eigenvalue weighted by Crippen LogP contribution is -2.26. The van der Waals surface area contributed by atoms with Crippen molar-refractivity contribution in [1.82, 2.24) is 10.6 Å². The van der Waals surface area contributed by atoms with E-state index in [2.05, 4.69) is 22.5 Å². The van der Waals surface area contributed by atoms with Crippen LogP contribution in [-0.4, -0.2) is 42.2 Å². The van der Waals surface area contributed by atoms with Crippen molar-refractivity contribution in [1.29, 1.82) is 0 Å². The SMILES string of the molecule is CC1CN=C(SCC2CNC(=O)O2)N1. The predicted octanol–water partition coefficient (Wildman–Crippen LogP) is 0.176. The van der Waals surface area contributed by atoms with E-state index in [1.165, 1.54) is 0 Å². The first kappa shape index (κ1) is 9.64. The highest BCUT2D eigenvalue weighted by Crippen LogP contribution is 2.13. The Kier molecular flexibility index (Phi) is 2.81. The number of aliphatic imine (C=N–C) groups is 1. The summed E-state index contributed by atoms with van der Waals surface area (Å²) in [6.45, 7) is 3.54. The first-order valence-corrected chi connectivity index (χ1v) is 5.61. The van der Waals surface area contributed by atoms with Crippen molar-refractivity contribution in [3.63, 3.8) is 0 Å². The molecule has 78 valence electrons. The molecule has 2 rings (SSSR count). The lowest BCUT2D eigenvalue weighted by molar-refractivity contribution is 0.150. The molecule has 2 N–H and O–H groups in total. The van der Waals surface area contributed by atoms with Gasteiger partial charge in [-0.25, -0.2) is 4.79 Å². The maximum atomic E-state index is 10.7. The van der Waals surface area contributed by atoms with Gasteiger partial charge in [-0.1, -0.05) is 11.8 Å². The molecular formula is C8H13N3O2S. The van der Waals surface area contributed by atoms with Crippen molar-refractivity contribution in [3.8, 4) is 0 Å². The zero-order valence-corrected chi connectivity index (χ0v) is 8.76. The summed E-state index contributed by atoms with van der Waals surface area (Å²) in [4.78, 5) is 15.0. The highest BCUT2D eigenvalue weighted by molar-refractivity contribution is 8.13. The van der Waals surface area contributed by atoms with E-state index in [0.29, 0.717) is 12.6 Å². The molecule has 0 aromatic heterocycles. The molecule has 0 aromatic carbocycles. The Morgan fingerprint density at radius 3 is 3.14 bits per heavy atom. The fourth-order valence-electron chi connectivity index (χ4n) is 1.31. The molecule has 1 amide bonds. The fraction of sp³-hybridized carbons (Fsp3) is 0.750. The fourth-order valence-corrected chi connectivity index (χ4v) is 2.29. The van der Waals surface area contributed by atoms with Crippen LogP contribution in [0.15, 0.2) is 4.99 Å². The molecule has 5 nitrogen and oxygen atoms in total. The van der Waals surface area contributed by atoms with Gasteiger partial charge >= 0.3 is 6.09 Å². The topological polar surface area (TPSA) is 62.7 Å². The van der Waals surface area contributed by atoms with Gasteiger partial charge in [0.2, 0.25) is 0 Å². The van der Waals surface area contributed by atoms with Crippen LogP contribution in [0.1, 0.15) is 6.92 Å². The summed E-state index contributed by atoms with van der Waals surface area (Å²) in [6, 6.07) is 0.432. The first-order chi connectivity index (χ1) is 6.74. The second-order valence-electron chi connectivity index (χ2n) is 3.41. The van der Waals surface area contributed by atoms with Gasteiger partial charge in [-0.05, 0) is 6.92 Å². The van der Waals surface area contributed by atoms with Crippen LogP contribution in [0.25, 0.3) is 0 Å². The molecule has 0 spiro atoms. The van der Waals surface area contributed by atoms with Gasteiger partial charge in [0.25, 0.3) is 0 Å². The summed E-state index contributed by atoms with van der Waals surface area (Å²) in [5.74, 6) is 0.761. The van der Waals surface area contributed by atoms with Gasteiger partial charge in [0.15, 0.2) is 5.17 Å². The van der Waals surface area contributed by atoms with E-state index in [4.69, 9.17) is 4.74 Å². The minimum Gasteiger partial charge on any atom is -0.443 e. The molecule has 0 aromatic rings. The third kappa shape index (κ3) is 2.31. The summed E-state index contributed by atoms with van der Waals surface area (Å²) in [5, 5.41) is 6.82. The Balaban J connectivity index is 1.70. The standard InChI is InChI=1S/C8H13N3O2S/c1-5-2-9-7(11-5)14-4-6-3-10-8(12)13-6/h5-6H,2-4H2,1H3,(H,9,11)(H,10,12). The quantitative estimate of drug-likeness (QED) is 0.689. The zero-order chi connectivity index (χ0) is 9.97. The van der Waals surface area contributed by atoms with E-state index in [1.807, 2.05) is 0 Å². The van der Waals surface area contributed by atoms with E-state index in [9.17, 15) is 4.79 Å². The van der Waals surface area contributed by atoms with E-state index < -0.39 is 0 Å². The highest BCUT2D eigenvalue weighted by Gasteiger charge is 2.23. The number of rotatable bonds is 2. The molecule has 6 heteroatoms. The van der Waals surface area contributed by atoms with Gasteiger partial charge < -0.3 is 15.4 Å². The Bertz CT molecular complexity index is 269. The number of amidine groups is 1. The Labute approximate surface area is 86.7 Å². The average molecular weight is 215 g/mol. The number of hydrogen-bond donors (Lipinski definition) is 2. The van der Waals surface area contributed by atoms with Crippen LogP contribution >= 0.6 is 11.8 Å². The largest absolute Gasteiger partial charge is 0.443 e. The summed E-state index contributed by atoms with van der Waals surface area (Å²) >= 11 is 1.61. The lowest BCUT2D eigenvalue weighted by atomic mass is 10.4. The first-order valence-electron chi connectivity index (χ1n) is 4.62. The molecule has 0 radical (unpaired) electrons. The van der Waals surface area contributed by atoms with Gasteiger partial charge in [-0.3, -0.25) is 4.99 Å². The maximum Gasteiger partial charge on any atom is 0.407 e. The van der Waals surface area contributed by atoms with Crippen LogP contribution in [0.3, 0.4) is 0 Å². The second-order valence-corrected chi connectivity index (χ2v) is 4.42. The molecular weight excluding hydrogens is 202 g/mol. The number of hydrogen-bond acceptors (Lipinski definition) is 5. The average Bonchev–Trinajstić information content (AvgIpc) is 2.72. The Morgan fingerprint density at radius 1 is 1.71 bits per heavy atom. The van der Waals surface area contributed by atoms with E-state index in [0.717, 1.165) is 17.5 Å². The molecule has 0 saturated carbocycles. The Morgan fingerprint density at radius 2 is 2.57 bits per heavy atom. The molecule has 2 atom stereocenters. The van der Waals surface area contributed by atoms with Crippen LogP contribution in [0.4, 0.5) is 4.79 Å². The van der Waals surface area contributed by atoms with Gasteiger partial charge in [0, 0.05) is 11.8 Å². The van der Waals surface area contributed by atoms with Gasteiger partial charge in [-0.15, -0.1) is 0 Å². The number of nitrogens with one attached hydrogen (secondary N) is 2. The molecule has 14 heavy (non-hydrogen) atoms. The van der Waals surface area contributed by atoms with Crippen LogP contribution in [0.5, 0.6) is 0 Å². The maximum absolute atomic E-state index is 10.7. The van der Waals surface area contributed by atoms with Crippen molar-refractivity contribution >= 4 is 23.0 Å². The van der Waals surface area contributed by atoms with Crippen LogP contribution in [-0.2, 0) is 4.74 Å². The number of amides is 1. The smallest absolute Gasteiger partial charge is 0.407 e. The number of cyclic esters (lactones) is 1. The zero-order valence-electron chi connectivity index (χ0n) is 7.95. The van der Waals surface area contributed by atoms with Crippen molar-refractivity contribution < 1.29 is 9.53 Å².